The van der Waals surface area contributed by atoms with Crippen LogP contribution in [0.3, 0.4) is 0 Å². The van der Waals surface area contributed by atoms with Gasteiger partial charge in [-0.05, 0) is 33.0 Å². The minimum Gasteiger partial charge on any atom is -0.393 e. The van der Waals surface area contributed by atoms with E-state index in [2.05, 4.69) is 23.8 Å². The zero-order valence-corrected chi connectivity index (χ0v) is 10.7. The van der Waals surface area contributed by atoms with Crippen LogP contribution in [0.2, 0.25) is 0 Å². The number of thiocarbonyl (C=S) groups is 1. The second-order valence-corrected chi connectivity index (χ2v) is 4.93. The van der Waals surface area contributed by atoms with E-state index in [4.69, 9.17) is 18.0 Å². The molecule has 0 aromatic carbocycles. The quantitative estimate of drug-likeness (QED) is 0.691. The topological polar surface area (TPSA) is 32.5 Å². The van der Waals surface area contributed by atoms with Crippen LogP contribution in [0, 0.1) is 0 Å². The molecule has 0 spiro atoms. The zero-order valence-electron chi connectivity index (χ0n) is 9.91. The molecule has 0 saturated carbocycles. The first-order valence-corrected chi connectivity index (χ1v) is 6.25. The molecule has 1 fully saturated rings. The Morgan fingerprint density at radius 3 is 2.93 bits per heavy atom. The lowest BCUT2D eigenvalue weighted by molar-refractivity contribution is 0.201. The van der Waals surface area contributed by atoms with Gasteiger partial charge in [-0.3, -0.25) is 4.90 Å². The van der Waals surface area contributed by atoms with E-state index in [1.807, 2.05) is 0 Å². The largest absolute Gasteiger partial charge is 0.393 e. The fourth-order valence-corrected chi connectivity index (χ4v) is 2.36. The van der Waals surface area contributed by atoms with E-state index < -0.39 is 0 Å². The molecule has 1 aliphatic heterocycles. The van der Waals surface area contributed by atoms with Crippen LogP contribution >= 0.6 is 12.2 Å². The van der Waals surface area contributed by atoms with Gasteiger partial charge in [-0.1, -0.05) is 19.1 Å². The zero-order chi connectivity index (χ0) is 11.3. The van der Waals surface area contributed by atoms with E-state index in [-0.39, 0.29) is 0 Å². The van der Waals surface area contributed by atoms with Crippen molar-refractivity contribution in [1.82, 2.24) is 9.80 Å². The Morgan fingerprint density at radius 2 is 2.33 bits per heavy atom. The second kappa shape index (κ2) is 6.40. The average Bonchev–Trinajstić information content (AvgIpc) is 2.62. The van der Waals surface area contributed by atoms with E-state index in [0.29, 0.717) is 4.99 Å². The molecule has 1 saturated heterocycles. The summed E-state index contributed by atoms with van der Waals surface area (Å²) in [6.07, 6.45) is 3.53. The van der Waals surface area contributed by atoms with Crippen LogP contribution in [-0.2, 0) is 0 Å². The Morgan fingerprint density at radius 1 is 1.60 bits per heavy atom. The van der Waals surface area contributed by atoms with Crippen molar-refractivity contribution < 1.29 is 0 Å². The van der Waals surface area contributed by atoms with Gasteiger partial charge in [-0.2, -0.15) is 0 Å². The third-order valence-corrected chi connectivity index (χ3v) is 3.37. The molecule has 1 aliphatic rings. The highest BCUT2D eigenvalue weighted by molar-refractivity contribution is 7.80. The summed E-state index contributed by atoms with van der Waals surface area (Å²) < 4.78 is 0. The highest BCUT2D eigenvalue weighted by atomic mass is 32.1. The molecule has 1 atom stereocenters. The summed E-state index contributed by atoms with van der Waals surface area (Å²) in [4.78, 5) is 5.54. The van der Waals surface area contributed by atoms with Crippen molar-refractivity contribution in [2.24, 2.45) is 5.73 Å². The van der Waals surface area contributed by atoms with Gasteiger partial charge in [-0.25, -0.2) is 0 Å². The van der Waals surface area contributed by atoms with E-state index in [0.717, 1.165) is 25.6 Å². The summed E-state index contributed by atoms with van der Waals surface area (Å²) >= 11 is 4.88. The highest BCUT2D eigenvalue weighted by Gasteiger charge is 2.23. The highest BCUT2D eigenvalue weighted by Crippen LogP contribution is 2.17. The third-order valence-electron chi connectivity index (χ3n) is 3.17. The number of hydrogen-bond acceptors (Lipinski definition) is 3. The van der Waals surface area contributed by atoms with E-state index in [1.54, 1.807) is 0 Å². The summed E-state index contributed by atoms with van der Waals surface area (Å²) in [6.45, 7) is 6.82. The first-order chi connectivity index (χ1) is 7.13. The molecule has 1 unspecified atom stereocenters. The van der Waals surface area contributed by atoms with Gasteiger partial charge in [0.2, 0.25) is 0 Å². The van der Waals surface area contributed by atoms with Crippen LogP contribution in [0.25, 0.3) is 0 Å². The Kier molecular flexibility index (Phi) is 5.50. The molecule has 88 valence electrons. The predicted molar refractivity (Wildman–Crippen MR) is 69.2 cm³/mol. The van der Waals surface area contributed by atoms with Crippen molar-refractivity contribution in [3.63, 3.8) is 0 Å². The van der Waals surface area contributed by atoms with Crippen molar-refractivity contribution in [2.45, 2.75) is 32.2 Å². The first-order valence-electron chi connectivity index (χ1n) is 5.84. The first kappa shape index (κ1) is 12.9. The molecule has 3 nitrogen and oxygen atoms in total. The fraction of sp³-hybridized carbons (Fsp3) is 0.909. The van der Waals surface area contributed by atoms with Gasteiger partial charge in [0.05, 0.1) is 4.99 Å². The minimum atomic E-state index is 0.626. The lowest BCUT2D eigenvalue weighted by Gasteiger charge is -2.27. The molecule has 1 rings (SSSR count). The van der Waals surface area contributed by atoms with Crippen LogP contribution in [0.1, 0.15) is 26.2 Å². The lowest BCUT2D eigenvalue weighted by Crippen LogP contribution is -2.39. The standard InChI is InChI=1S/C11H23N3S/c1-3-14-7-4-5-10(14)9-13(2)8-6-11(12)15/h10H,3-9H2,1-2H3,(H2,12,15). The van der Waals surface area contributed by atoms with Crippen molar-refractivity contribution >= 4 is 17.2 Å². The van der Waals surface area contributed by atoms with Gasteiger partial charge >= 0.3 is 0 Å². The maximum absolute atomic E-state index is 5.50. The number of hydrogen-bond donors (Lipinski definition) is 1. The van der Waals surface area contributed by atoms with Crippen molar-refractivity contribution in [1.29, 1.82) is 0 Å². The SMILES string of the molecule is CCN1CCCC1CN(C)CCC(N)=S. The molecular formula is C11H23N3S. The monoisotopic (exact) mass is 229 g/mol. The van der Waals surface area contributed by atoms with Gasteiger partial charge < -0.3 is 10.6 Å². The Bertz CT molecular complexity index is 208. The Labute approximate surface area is 98.6 Å². The molecule has 0 radical (unpaired) electrons. The molecule has 2 N–H and O–H groups in total. The van der Waals surface area contributed by atoms with E-state index in [1.165, 1.54) is 25.9 Å². The molecule has 4 heteroatoms. The summed E-state index contributed by atoms with van der Waals surface area (Å²) in [5, 5.41) is 0. The van der Waals surface area contributed by atoms with Gasteiger partial charge in [-0.15, -0.1) is 0 Å². The molecular weight excluding hydrogens is 206 g/mol. The lowest BCUT2D eigenvalue weighted by atomic mass is 10.2. The predicted octanol–water partition coefficient (Wildman–Crippen LogP) is 1.08. The second-order valence-electron chi connectivity index (χ2n) is 4.40. The fourth-order valence-electron chi connectivity index (χ4n) is 2.27. The molecule has 0 aliphatic carbocycles. The van der Waals surface area contributed by atoms with Crippen molar-refractivity contribution in [3.05, 3.63) is 0 Å². The molecule has 0 bridgehead atoms. The summed E-state index contributed by atoms with van der Waals surface area (Å²) in [5.74, 6) is 0. The van der Waals surface area contributed by atoms with Crippen LogP contribution in [0.4, 0.5) is 0 Å². The number of likely N-dealkylation sites (tertiary alicyclic amines) is 1. The summed E-state index contributed by atoms with van der Waals surface area (Å²) in [5.41, 5.74) is 5.50. The summed E-state index contributed by atoms with van der Waals surface area (Å²) in [6, 6.07) is 0.742. The number of likely N-dealkylation sites (N-methyl/N-ethyl adjacent to an activating group) is 2. The van der Waals surface area contributed by atoms with Crippen LogP contribution in [-0.4, -0.2) is 54.1 Å². The maximum atomic E-state index is 5.50. The van der Waals surface area contributed by atoms with Crippen LogP contribution < -0.4 is 5.73 Å². The summed E-state index contributed by atoms with van der Waals surface area (Å²) in [7, 11) is 2.16. The number of rotatable bonds is 6. The van der Waals surface area contributed by atoms with Gasteiger partial charge in [0.1, 0.15) is 0 Å². The molecule has 0 aromatic heterocycles. The van der Waals surface area contributed by atoms with Crippen molar-refractivity contribution in [3.8, 4) is 0 Å². The normalized spacial score (nSPS) is 22.5. The van der Waals surface area contributed by atoms with E-state index >= 15 is 0 Å². The van der Waals surface area contributed by atoms with Gasteiger partial charge in [0, 0.05) is 25.6 Å². The molecule has 15 heavy (non-hydrogen) atoms. The maximum Gasteiger partial charge on any atom is 0.0740 e. The van der Waals surface area contributed by atoms with Crippen molar-refractivity contribution in [2.75, 3.05) is 33.2 Å². The molecule has 0 aromatic rings. The molecule has 1 heterocycles. The number of nitrogens with zero attached hydrogens (tertiary/aromatic N) is 2. The van der Waals surface area contributed by atoms with Crippen LogP contribution in [0.15, 0.2) is 0 Å². The van der Waals surface area contributed by atoms with E-state index in [9.17, 15) is 0 Å². The smallest absolute Gasteiger partial charge is 0.0740 e. The number of nitrogens with two attached hydrogens (primary N) is 1. The van der Waals surface area contributed by atoms with Gasteiger partial charge in [0.25, 0.3) is 0 Å². The Hall–Kier alpha value is -0.190. The minimum absolute atomic E-state index is 0.626. The van der Waals surface area contributed by atoms with Crippen LogP contribution in [0.5, 0.6) is 0 Å². The third kappa shape index (κ3) is 4.45. The molecule has 0 amide bonds. The Balaban J connectivity index is 2.24. The average molecular weight is 229 g/mol. The van der Waals surface area contributed by atoms with Gasteiger partial charge in [0.15, 0.2) is 0 Å².